The number of rotatable bonds is 6. The monoisotopic (exact) mass is 266 g/mol. The maximum Gasteiger partial charge on any atom is 0.0235 e. The Bertz CT molecular complexity index is 235. The summed E-state index contributed by atoms with van der Waals surface area (Å²) in [4.78, 5) is 2.87. The molecule has 3 atom stereocenters. The van der Waals surface area contributed by atoms with Gasteiger partial charge in [-0.25, -0.2) is 0 Å². The highest BCUT2D eigenvalue weighted by atomic mass is 15.2. The first kappa shape index (κ1) is 15.3. The summed E-state index contributed by atoms with van der Waals surface area (Å²) >= 11 is 0. The fourth-order valence-corrected chi connectivity index (χ4v) is 4.23. The Hall–Kier alpha value is -0.0800. The van der Waals surface area contributed by atoms with Gasteiger partial charge in [-0.1, -0.05) is 39.5 Å². The van der Waals surface area contributed by atoms with Crippen LogP contribution in [0.1, 0.15) is 71.6 Å². The van der Waals surface area contributed by atoms with E-state index in [9.17, 15) is 0 Å². The van der Waals surface area contributed by atoms with E-state index < -0.39 is 0 Å². The lowest BCUT2D eigenvalue weighted by Gasteiger charge is -2.35. The van der Waals surface area contributed by atoms with Crippen LogP contribution in [0.5, 0.6) is 0 Å². The third-order valence-corrected chi connectivity index (χ3v) is 5.21. The van der Waals surface area contributed by atoms with Crippen molar-refractivity contribution in [2.24, 2.45) is 5.92 Å². The van der Waals surface area contributed by atoms with E-state index in [1.165, 1.54) is 77.4 Å². The van der Waals surface area contributed by atoms with Gasteiger partial charge in [0.1, 0.15) is 0 Å². The van der Waals surface area contributed by atoms with Crippen molar-refractivity contribution in [3.63, 3.8) is 0 Å². The maximum atomic E-state index is 3.55. The minimum atomic E-state index is 0.827. The van der Waals surface area contributed by atoms with Crippen molar-refractivity contribution >= 4 is 0 Å². The molecule has 0 spiro atoms. The third-order valence-electron chi connectivity index (χ3n) is 5.21. The van der Waals surface area contributed by atoms with Crippen molar-refractivity contribution in [1.29, 1.82) is 0 Å². The summed E-state index contributed by atoms with van der Waals surface area (Å²) in [6.07, 6.45) is 12.9. The summed E-state index contributed by atoms with van der Waals surface area (Å²) in [6, 6.07) is 1.71. The fraction of sp³-hybridized carbons (Fsp3) is 1.00. The molecule has 0 aromatic heterocycles. The van der Waals surface area contributed by atoms with Crippen LogP contribution in [0.4, 0.5) is 0 Å². The van der Waals surface area contributed by atoms with E-state index in [2.05, 4.69) is 24.1 Å². The Morgan fingerprint density at radius 2 is 1.84 bits per heavy atom. The van der Waals surface area contributed by atoms with Crippen molar-refractivity contribution in [1.82, 2.24) is 10.2 Å². The lowest BCUT2D eigenvalue weighted by molar-refractivity contribution is 0.128. The molecular formula is C17H34N2. The van der Waals surface area contributed by atoms with Gasteiger partial charge in [0.05, 0.1) is 0 Å². The molecule has 1 aliphatic carbocycles. The van der Waals surface area contributed by atoms with Crippen LogP contribution in [0, 0.1) is 5.92 Å². The van der Waals surface area contributed by atoms with Gasteiger partial charge in [-0.3, -0.25) is 4.90 Å². The molecule has 2 fully saturated rings. The highest BCUT2D eigenvalue weighted by molar-refractivity contribution is 4.86. The molecule has 0 bridgehead atoms. The molecule has 1 aliphatic heterocycles. The van der Waals surface area contributed by atoms with Crippen molar-refractivity contribution in [2.75, 3.05) is 19.6 Å². The van der Waals surface area contributed by atoms with E-state index >= 15 is 0 Å². The summed E-state index contributed by atoms with van der Waals surface area (Å²) in [5.74, 6) is 1.03. The van der Waals surface area contributed by atoms with Gasteiger partial charge >= 0.3 is 0 Å². The van der Waals surface area contributed by atoms with E-state index in [0.29, 0.717) is 0 Å². The van der Waals surface area contributed by atoms with Crippen molar-refractivity contribution in [3.8, 4) is 0 Å². The Morgan fingerprint density at radius 1 is 0.947 bits per heavy atom. The van der Waals surface area contributed by atoms with Gasteiger partial charge in [-0.05, 0) is 51.1 Å². The summed E-state index contributed by atoms with van der Waals surface area (Å²) in [7, 11) is 0. The van der Waals surface area contributed by atoms with Gasteiger partial charge in [0.25, 0.3) is 0 Å². The minimum absolute atomic E-state index is 0.827. The third kappa shape index (κ3) is 4.46. The Kier molecular flexibility index (Phi) is 6.66. The number of hydrogen-bond donors (Lipinski definition) is 1. The fourth-order valence-electron chi connectivity index (χ4n) is 4.23. The second kappa shape index (κ2) is 8.26. The topological polar surface area (TPSA) is 15.3 Å². The molecule has 1 heterocycles. The summed E-state index contributed by atoms with van der Waals surface area (Å²) in [5.41, 5.74) is 0. The molecule has 19 heavy (non-hydrogen) atoms. The van der Waals surface area contributed by atoms with Crippen LogP contribution in [-0.4, -0.2) is 36.6 Å². The van der Waals surface area contributed by atoms with E-state index in [1.807, 2.05) is 0 Å². The molecule has 112 valence electrons. The standard InChI is InChI=1S/C17H34N2/c1-3-6-15-7-5-8-16(10-9-15)19(13-4-2)17-11-12-18-14-17/h15-18H,3-14H2,1-2H3. The average Bonchev–Trinajstić information content (AvgIpc) is 2.84. The van der Waals surface area contributed by atoms with E-state index in [4.69, 9.17) is 0 Å². The molecule has 0 aromatic carbocycles. The molecule has 2 rings (SSSR count). The van der Waals surface area contributed by atoms with Gasteiger partial charge in [0.2, 0.25) is 0 Å². The zero-order valence-corrected chi connectivity index (χ0v) is 13.2. The van der Waals surface area contributed by atoms with Crippen LogP contribution >= 0.6 is 0 Å². The molecular weight excluding hydrogens is 232 g/mol. The summed E-state index contributed by atoms with van der Waals surface area (Å²) in [6.45, 7) is 8.46. The largest absolute Gasteiger partial charge is 0.315 e. The number of nitrogens with zero attached hydrogens (tertiary/aromatic N) is 1. The first-order valence-electron chi connectivity index (χ1n) is 8.81. The number of hydrogen-bond acceptors (Lipinski definition) is 2. The van der Waals surface area contributed by atoms with Crippen molar-refractivity contribution in [2.45, 2.75) is 83.7 Å². The van der Waals surface area contributed by atoms with Gasteiger partial charge in [-0.15, -0.1) is 0 Å². The lowest BCUT2D eigenvalue weighted by atomic mass is 9.95. The number of nitrogens with one attached hydrogen (secondary N) is 1. The van der Waals surface area contributed by atoms with E-state index in [0.717, 1.165) is 18.0 Å². The maximum absolute atomic E-state index is 3.55. The zero-order chi connectivity index (χ0) is 13.5. The smallest absolute Gasteiger partial charge is 0.0235 e. The van der Waals surface area contributed by atoms with Crippen LogP contribution in [-0.2, 0) is 0 Å². The Morgan fingerprint density at radius 3 is 2.53 bits per heavy atom. The van der Waals surface area contributed by atoms with Crippen LogP contribution in [0.15, 0.2) is 0 Å². The Balaban J connectivity index is 1.89. The highest BCUT2D eigenvalue weighted by Crippen LogP contribution is 2.30. The second-order valence-corrected chi connectivity index (χ2v) is 6.70. The van der Waals surface area contributed by atoms with Crippen LogP contribution in [0.3, 0.4) is 0 Å². The molecule has 2 nitrogen and oxygen atoms in total. The van der Waals surface area contributed by atoms with Gasteiger partial charge in [0, 0.05) is 18.6 Å². The second-order valence-electron chi connectivity index (χ2n) is 6.70. The average molecular weight is 266 g/mol. The molecule has 3 unspecified atom stereocenters. The van der Waals surface area contributed by atoms with Gasteiger partial charge in [-0.2, -0.15) is 0 Å². The Labute approximate surface area is 120 Å². The molecule has 0 aromatic rings. The summed E-state index contributed by atoms with van der Waals surface area (Å²) < 4.78 is 0. The van der Waals surface area contributed by atoms with E-state index in [1.54, 1.807) is 0 Å². The SMILES string of the molecule is CCCC1CCCC(N(CCC)C2CCNC2)CC1. The van der Waals surface area contributed by atoms with Crippen LogP contribution < -0.4 is 5.32 Å². The molecule has 0 radical (unpaired) electrons. The quantitative estimate of drug-likeness (QED) is 0.736. The predicted molar refractivity (Wildman–Crippen MR) is 83.5 cm³/mol. The molecule has 2 aliphatic rings. The first-order chi connectivity index (χ1) is 9.35. The zero-order valence-electron chi connectivity index (χ0n) is 13.2. The van der Waals surface area contributed by atoms with Crippen molar-refractivity contribution < 1.29 is 0 Å². The normalized spacial score (nSPS) is 32.7. The lowest BCUT2D eigenvalue weighted by Crippen LogP contribution is -2.44. The molecule has 1 saturated carbocycles. The molecule has 1 saturated heterocycles. The van der Waals surface area contributed by atoms with Gasteiger partial charge < -0.3 is 5.32 Å². The first-order valence-corrected chi connectivity index (χ1v) is 8.81. The predicted octanol–water partition coefficient (Wildman–Crippen LogP) is 3.81. The minimum Gasteiger partial charge on any atom is -0.315 e. The molecule has 1 N–H and O–H groups in total. The molecule has 2 heteroatoms. The van der Waals surface area contributed by atoms with Crippen LogP contribution in [0.25, 0.3) is 0 Å². The summed E-state index contributed by atoms with van der Waals surface area (Å²) in [5, 5.41) is 3.55. The van der Waals surface area contributed by atoms with Crippen LogP contribution in [0.2, 0.25) is 0 Å². The van der Waals surface area contributed by atoms with E-state index in [-0.39, 0.29) is 0 Å². The van der Waals surface area contributed by atoms with Gasteiger partial charge in [0.15, 0.2) is 0 Å². The molecule has 0 amide bonds. The highest BCUT2D eigenvalue weighted by Gasteiger charge is 2.29. The van der Waals surface area contributed by atoms with Crippen molar-refractivity contribution in [3.05, 3.63) is 0 Å².